The average Bonchev–Trinajstić information content (AvgIpc) is 2.87. The molecule has 7 heteroatoms. The Labute approximate surface area is 215 Å². The van der Waals surface area contributed by atoms with Crippen molar-refractivity contribution in [2.45, 2.75) is 65.1 Å². The van der Waals surface area contributed by atoms with E-state index in [1.807, 2.05) is 44.2 Å². The van der Waals surface area contributed by atoms with Crippen LogP contribution in [0, 0.1) is 5.92 Å². The third-order valence-corrected chi connectivity index (χ3v) is 6.52. The van der Waals surface area contributed by atoms with Gasteiger partial charge in [-0.05, 0) is 48.8 Å². The van der Waals surface area contributed by atoms with Gasteiger partial charge in [-0.15, -0.1) is 0 Å². The molecule has 2 aromatic rings. The van der Waals surface area contributed by atoms with E-state index in [4.69, 9.17) is 4.74 Å². The molecule has 0 unspecified atom stereocenters. The fourth-order valence-electron chi connectivity index (χ4n) is 4.34. The van der Waals surface area contributed by atoms with Gasteiger partial charge in [0.25, 0.3) is 0 Å². The van der Waals surface area contributed by atoms with Crippen LogP contribution < -0.4 is 15.4 Å². The molecule has 0 bridgehead atoms. The highest BCUT2D eigenvalue weighted by molar-refractivity contribution is 5.78. The summed E-state index contributed by atoms with van der Waals surface area (Å²) in [6.45, 7) is 6.74. The maximum atomic E-state index is 12.7. The van der Waals surface area contributed by atoms with Gasteiger partial charge in [0.1, 0.15) is 5.75 Å². The predicted octanol–water partition coefficient (Wildman–Crippen LogP) is 3.43. The van der Waals surface area contributed by atoms with Gasteiger partial charge in [-0.1, -0.05) is 56.3 Å². The minimum atomic E-state index is -0.232. The normalized spacial score (nSPS) is 16.5. The summed E-state index contributed by atoms with van der Waals surface area (Å²) >= 11 is 0. The Bertz CT molecular complexity index is 964. The molecule has 0 saturated carbocycles. The average molecular weight is 496 g/mol. The summed E-state index contributed by atoms with van der Waals surface area (Å²) in [6.07, 6.45) is 3.82. The Morgan fingerprint density at radius 1 is 1.08 bits per heavy atom. The summed E-state index contributed by atoms with van der Waals surface area (Å²) in [5.74, 6) is 0.973. The van der Waals surface area contributed by atoms with E-state index >= 15 is 0 Å². The number of nitrogens with one attached hydrogen (secondary N) is 2. The minimum Gasteiger partial charge on any atom is -0.493 e. The maximum Gasteiger partial charge on any atom is 0.234 e. The molecule has 1 atom stereocenters. The second-order valence-electron chi connectivity index (χ2n) is 9.93. The lowest BCUT2D eigenvalue weighted by molar-refractivity contribution is -0.123. The van der Waals surface area contributed by atoms with Crippen molar-refractivity contribution in [3.05, 3.63) is 65.2 Å². The van der Waals surface area contributed by atoms with Gasteiger partial charge in [0.2, 0.25) is 11.8 Å². The molecule has 36 heavy (non-hydrogen) atoms. The first-order chi connectivity index (χ1) is 17.4. The van der Waals surface area contributed by atoms with Crippen molar-refractivity contribution in [1.29, 1.82) is 0 Å². The molecule has 1 aliphatic rings. The lowest BCUT2D eigenvalue weighted by atomic mass is 10.0. The standard InChI is InChI=1S/C29H41N3O4/c1-22(2)26(21-33)31-28(34)14-12-23-11-13-27-25(17-23)19-32(18-24-9-5-3-6-10-24)20-29(35)30-15-7-4-8-16-36-27/h3,5-6,9-11,13,17,22,26,33H,4,7-8,12,14-16,18-21H2,1-2H3,(H,30,35)(H,31,34)/t26-/m1/s1. The molecular formula is C29H41N3O4. The van der Waals surface area contributed by atoms with Crippen molar-refractivity contribution in [3.63, 3.8) is 0 Å². The number of ether oxygens (including phenoxy) is 1. The van der Waals surface area contributed by atoms with Crippen molar-refractivity contribution in [2.24, 2.45) is 5.92 Å². The molecule has 2 aromatic carbocycles. The van der Waals surface area contributed by atoms with Gasteiger partial charge in [-0.25, -0.2) is 0 Å². The summed E-state index contributed by atoms with van der Waals surface area (Å²) in [5, 5.41) is 15.5. The zero-order valence-electron chi connectivity index (χ0n) is 21.7. The van der Waals surface area contributed by atoms with Crippen LogP contribution in [0.3, 0.4) is 0 Å². The second-order valence-corrected chi connectivity index (χ2v) is 9.93. The number of carbonyl (C=O) groups excluding carboxylic acids is 2. The first kappa shape index (κ1) is 27.7. The van der Waals surface area contributed by atoms with E-state index in [-0.39, 0.29) is 30.4 Å². The molecule has 0 saturated heterocycles. The van der Waals surface area contributed by atoms with Gasteiger partial charge in [0, 0.05) is 31.6 Å². The number of hydrogen-bond acceptors (Lipinski definition) is 5. The molecule has 0 fully saturated rings. The van der Waals surface area contributed by atoms with Crippen molar-refractivity contribution in [3.8, 4) is 5.75 Å². The lowest BCUT2D eigenvalue weighted by Crippen LogP contribution is -2.41. The molecule has 3 N–H and O–H groups in total. The van der Waals surface area contributed by atoms with Gasteiger partial charge < -0.3 is 20.5 Å². The SMILES string of the molecule is CC(C)[C@@H](CO)NC(=O)CCc1ccc2c(c1)CN(Cc1ccccc1)CC(=O)NCCCCCO2. The Hall–Kier alpha value is -2.90. The first-order valence-electron chi connectivity index (χ1n) is 13.1. The highest BCUT2D eigenvalue weighted by atomic mass is 16.5. The molecule has 1 heterocycles. The highest BCUT2D eigenvalue weighted by Gasteiger charge is 2.18. The smallest absolute Gasteiger partial charge is 0.234 e. The van der Waals surface area contributed by atoms with E-state index in [0.29, 0.717) is 45.6 Å². The molecule has 196 valence electrons. The number of aliphatic hydroxyl groups excluding tert-OH is 1. The van der Waals surface area contributed by atoms with Crippen LogP contribution in [0.15, 0.2) is 48.5 Å². The summed E-state index contributed by atoms with van der Waals surface area (Å²) < 4.78 is 6.16. The molecule has 3 rings (SSSR count). The number of fused-ring (bicyclic) bond motifs is 1. The molecule has 0 radical (unpaired) electrons. The van der Waals surface area contributed by atoms with Crippen LogP contribution in [0.5, 0.6) is 5.75 Å². The van der Waals surface area contributed by atoms with Crippen LogP contribution in [0.2, 0.25) is 0 Å². The zero-order valence-corrected chi connectivity index (χ0v) is 21.7. The third-order valence-electron chi connectivity index (χ3n) is 6.52. The minimum absolute atomic E-state index is 0.0315. The van der Waals surface area contributed by atoms with Crippen LogP contribution in [-0.2, 0) is 29.1 Å². The Balaban J connectivity index is 1.76. The summed E-state index contributed by atoms with van der Waals surface area (Å²) in [5.41, 5.74) is 3.21. The second kappa shape index (κ2) is 14.6. The number of carbonyl (C=O) groups is 2. The van der Waals surface area contributed by atoms with E-state index in [0.717, 1.165) is 41.7 Å². The lowest BCUT2D eigenvalue weighted by Gasteiger charge is -2.24. The van der Waals surface area contributed by atoms with Crippen LogP contribution in [0.1, 0.15) is 56.2 Å². The van der Waals surface area contributed by atoms with Crippen LogP contribution in [0.25, 0.3) is 0 Å². The van der Waals surface area contributed by atoms with E-state index in [2.05, 4.69) is 33.7 Å². The molecule has 0 aliphatic carbocycles. The summed E-state index contributed by atoms with van der Waals surface area (Å²) in [4.78, 5) is 27.2. The van der Waals surface area contributed by atoms with Crippen LogP contribution in [-0.4, -0.2) is 54.2 Å². The van der Waals surface area contributed by atoms with E-state index in [1.165, 1.54) is 0 Å². The predicted molar refractivity (Wildman–Crippen MR) is 142 cm³/mol. The van der Waals surface area contributed by atoms with Gasteiger partial charge in [0.05, 0.1) is 25.8 Å². The molecule has 2 amide bonds. The van der Waals surface area contributed by atoms with Crippen molar-refractivity contribution < 1.29 is 19.4 Å². The first-order valence-corrected chi connectivity index (χ1v) is 13.1. The van der Waals surface area contributed by atoms with Gasteiger partial charge in [-0.3, -0.25) is 14.5 Å². The zero-order chi connectivity index (χ0) is 25.8. The van der Waals surface area contributed by atoms with Crippen LogP contribution >= 0.6 is 0 Å². The summed E-state index contributed by atoms with van der Waals surface area (Å²) in [7, 11) is 0. The monoisotopic (exact) mass is 495 g/mol. The largest absolute Gasteiger partial charge is 0.493 e. The number of rotatable bonds is 8. The van der Waals surface area contributed by atoms with Crippen molar-refractivity contribution in [1.82, 2.24) is 15.5 Å². The van der Waals surface area contributed by atoms with E-state index in [1.54, 1.807) is 0 Å². The molecular weight excluding hydrogens is 454 g/mol. The third kappa shape index (κ3) is 9.28. The van der Waals surface area contributed by atoms with Gasteiger partial charge in [-0.2, -0.15) is 0 Å². The van der Waals surface area contributed by atoms with Crippen molar-refractivity contribution >= 4 is 11.8 Å². The van der Waals surface area contributed by atoms with Gasteiger partial charge >= 0.3 is 0 Å². The number of nitrogens with zero attached hydrogens (tertiary/aromatic N) is 1. The quantitative estimate of drug-likeness (QED) is 0.522. The molecule has 1 aliphatic heterocycles. The van der Waals surface area contributed by atoms with E-state index < -0.39 is 0 Å². The van der Waals surface area contributed by atoms with Crippen molar-refractivity contribution in [2.75, 3.05) is 26.3 Å². The Kier molecular flexibility index (Phi) is 11.2. The maximum absolute atomic E-state index is 12.7. The summed E-state index contributed by atoms with van der Waals surface area (Å²) in [6, 6.07) is 16.0. The fraction of sp³-hybridized carbons (Fsp3) is 0.517. The number of aliphatic hydroxyl groups is 1. The Morgan fingerprint density at radius 3 is 2.64 bits per heavy atom. The number of amides is 2. The number of benzene rings is 2. The van der Waals surface area contributed by atoms with Crippen LogP contribution in [0.4, 0.5) is 0 Å². The number of aryl methyl sites for hydroxylation is 1. The fourth-order valence-corrected chi connectivity index (χ4v) is 4.34. The topological polar surface area (TPSA) is 90.9 Å². The highest BCUT2D eigenvalue weighted by Crippen LogP contribution is 2.24. The Morgan fingerprint density at radius 2 is 1.89 bits per heavy atom. The molecule has 0 aromatic heterocycles. The molecule has 7 nitrogen and oxygen atoms in total. The molecule has 0 spiro atoms. The van der Waals surface area contributed by atoms with E-state index in [9.17, 15) is 14.7 Å². The van der Waals surface area contributed by atoms with Gasteiger partial charge in [0.15, 0.2) is 0 Å². The number of hydrogen-bond donors (Lipinski definition) is 3.